The van der Waals surface area contributed by atoms with E-state index in [1.807, 2.05) is 6.92 Å². The summed E-state index contributed by atoms with van der Waals surface area (Å²) in [5.41, 5.74) is 1.48. The lowest BCUT2D eigenvalue weighted by Crippen LogP contribution is -2.42. The molecule has 1 amide bonds. The summed E-state index contributed by atoms with van der Waals surface area (Å²) < 4.78 is 21.8. The van der Waals surface area contributed by atoms with Crippen LogP contribution in [0.4, 0.5) is 0 Å². The maximum Gasteiger partial charge on any atom is 0.337 e. The van der Waals surface area contributed by atoms with Crippen molar-refractivity contribution in [2.45, 2.75) is 13.0 Å². The van der Waals surface area contributed by atoms with E-state index in [2.05, 4.69) is 4.90 Å². The number of hydrogen-bond acceptors (Lipinski definition) is 8. The number of carbonyl (C=O) groups excluding carboxylic acids is 2. The molecule has 2 aliphatic rings. The molecule has 5 rings (SSSR count). The van der Waals surface area contributed by atoms with Gasteiger partial charge in [0.1, 0.15) is 11.3 Å². The minimum atomic E-state index is -0.632. The van der Waals surface area contributed by atoms with E-state index in [1.165, 1.54) is 7.11 Å². The number of nitrogens with zero attached hydrogens (tertiary/aromatic N) is 2. The Balaban J connectivity index is 1.58. The number of ether oxygens (including phenoxy) is 3. The van der Waals surface area contributed by atoms with Gasteiger partial charge in [-0.3, -0.25) is 14.5 Å². The van der Waals surface area contributed by atoms with Crippen LogP contribution < -0.4 is 10.2 Å². The molecule has 1 fully saturated rings. The first-order valence-electron chi connectivity index (χ1n) is 12.0. The van der Waals surface area contributed by atoms with E-state index in [0.29, 0.717) is 66.3 Å². The molecule has 0 aliphatic carbocycles. The number of benzene rings is 2. The highest BCUT2D eigenvalue weighted by atomic mass is 16.5. The monoisotopic (exact) mass is 492 g/mol. The van der Waals surface area contributed by atoms with E-state index in [0.717, 1.165) is 13.1 Å². The van der Waals surface area contributed by atoms with Crippen molar-refractivity contribution in [2.75, 3.05) is 53.1 Å². The van der Waals surface area contributed by atoms with E-state index in [9.17, 15) is 14.4 Å². The van der Waals surface area contributed by atoms with Gasteiger partial charge in [-0.15, -0.1) is 0 Å². The van der Waals surface area contributed by atoms with E-state index in [-0.39, 0.29) is 17.1 Å². The Morgan fingerprint density at radius 1 is 1.06 bits per heavy atom. The number of hydrogen-bond donors (Lipinski definition) is 0. The standard InChI is InChI=1S/C27H28N2O7/c1-3-35-19-8-9-20-21(16-19)36-25-22(24(20)30)23(17-4-6-18(7-5-17)27(32)33-2)29(26(25)31)11-10-28-12-14-34-15-13-28/h4-9,16,23H,3,10-15H2,1-2H3. The molecule has 0 saturated carbocycles. The summed E-state index contributed by atoms with van der Waals surface area (Å²) in [7, 11) is 1.32. The maximum atomic E-state index is 13.7. The summed E-state index contributed by atoms with van der Waals surface area (Å²) in [5.74, 6) is -0.173. The number of amides is 1. The molecule has 9 nitrogen and oxygen atoms in total. The third kappa shape index (κ3) is 4.36. The highest BCUT2D eigenvalue weighted by Crippen LogP contribution is 2.38. The van der Waals surface area contributed by atoms with Gasteiger partial charge in [0.15, 0.2) is 5.43 Å². The number of rotatable bonds is 7. The Labute approximate surface area is 208 Å². The zero-order chi connectivity index (χ0) is 25.2. The summed E-state index contributed by atoms with van der Waals surface area (Å²) in [6, 6.07) is 11.2. The molecule has 36 heavy (non-hydrogen) atoms. The van der Waals surface area contributed by atoms with E-state index in [1.54, 1.807) is 47.4 Å². The van der Waals surface area contributed by atoms with Crippen LogP contribution in [-0.2, 0) is 9.47 Å². The molecule has 1 saturated heterocycles. The average molecular weight is 493 g/mol. The van der Waals surface area contributed by atoms with Gasteiger partial charge in [-0.1, -0.05) is 12.1 Å². The molecule has 1 unspecified atom stereocenters. The Morgan fingerprint density at radius 2 is 1.81 bits per heavy atom. The SMILES string of the molecule is CCOc1ccc2c(=O)c3c(oc2c1)C(=O)N(CCN1CCOCC1)C3c1ccc(C(=O)OC)cc1. The van der Waals surface area contributed by atoms with Crippen molar-refractivity contribution in [3.63, 3.8) is 0 Å². The van der Waals surface area contributed by atoms with Gasteiger partial charge in [0.25, 0.3) is 5.91 Å². The fourth-order valence-corrected chi connectivity index (χ4v) is 4.83. The van der Waals surface area contributed by atoms with Crippen molar-refractivity contribution < 1.29 is 28.2 Å². The zero-order valence-corrected chi connectivity index (χ0v) is 20.3. The smallest absolute Gasteiger partial charge is 0.337 e. The summed E-state index contributed by atoms with van der Waals surface area (Å²) in [6.07, 6.45) is 0. The Kier molecular flexibility index (Phi) is 6.75. The van der Waals surface area contributed by atoms with Gasteiger partial charge >= 0.3 is 5.97 Å². The van der Waals surface area contributed by atoms with Gasteiger partial charge in [0.2, 0.25) is 5.76 Å². The minimum Gasteiger partial charge on any atom is -0.494 e. The molecule has 0 radical (unpaired) electrons. The van der Waals surface area contributed by atoms with Crippen molar-refractivity contribution in [3.05, 3.63) is 75.1 Å². The Morgan fingerprint density at radius 3 is 2.50 bits per heavy atom. The third-order valence-corrected chi connectivity index (χ3v) is 6.66. The lowest BCUT2D eigenvalue weighted by atomic mass is 9.97. The summed E-state index contributed by atoms with van der Waals surface area (Å²) in [6.45, 7) is 6.27. The van der Waals surface area contributed by atoms with Crippen molar-refractivity contribution in [2.24, 2.45) is 0 Å². The van der Waals surface area contributed by atoms with Crippen molar-refractivity contribution in [1.29, 1.82) is 0 Å². The van der Waals surface area contributed by atoms with Crippen LogP contribution in [0.25, 0.3) is 11.0 Å². The lowest BCUT2D eigenvalue weighted by molar-refractivity contribution is 0.0314. The molecule has 188 valence electrons. The molecular formula is C27H28N2O7. The first kappa shape index (κ1) is 24.0. The van der Waals surface area contributed by atoms with Crippen LogP contribution in [0, 0.1) is 0 Å². The van der Waals surface area contributed by atoms with Crippen LogP contribution in [0.1, 0.15) is 45.0 Å². The maximum absolute atomic E-state index is 13.7. The number of methoxy groups -OCH3 is 1. The van der Waals surface area contributed by atoms with Crippen LogP contribution in [-0.4, -0.2) is 74.8 Å². The molecule has 0 bridgehead atoms. The summed E-state index contributed by atoms with van der Waals surface area (Å²) in [5, 5.41) is 0.385. The van der Waals surface area contributed by atoms with Crippen molar-refractivity contribution in [1.82, 2.24) is 9.80 Å². The molecular weight excluding hydrogens is 464 g/mol. The fourth-order valence-electron chi connectivity index (χ4n) is 4.83. The number of fused-ring (bicyclic) bond motifs is 2. The van der Waals surface area contributed by atoms with Crippen LogP contribution in [0.2, 0.25) is 0 Å². The molecule has 3 heterocycles. The van der Waals surface area contributed by atoms with Crippen LogP contribution >= 0.6 is 0 Å². The average Bonchev–Trinajstić information content (AvgIpc) is 3.19. The normalized spacial score (nSPS) is 17.9. The number of esters is 1. The predicted octanol–water partition coefficient (Wildman–Crippen LogP) is 2.86. The predicted molar refractivity (Wildman–Crippen MR) is 132 cm³/mol. The highest BCUT2D eigenvalue weighted by Gasteiger charge is 2.42. The van der Waals surface area contributed by atoms with Gasteiger partial charge in [0, 0.05) is 32.2 Å². The van der Waals surface area contributed by atoms with Crippen molar-refractivity contribution in [3.8, 4) is 5.75 Å². The third-order valence-electron chi connectivity index (χ3n) is 6.66. The molecule has 0 N–H and O–H groups in total. The van der Waals surface area contributed by atoms with E-state index < -0.39 is 12.0 Å². The van der Waals surface area contributed by atoms with Gasteiger partial charge in [-0.2, -0.15) is 0 Å². The fraction of sp³-hybridized carbons (Fsp3) is 0.370. The zero-order valence-electron chi connectivity index (χ0n) is 20.3. The molecule has 3 aromatic rings. The second-order valence-electron chi connectivity index (χ2n) is 8.73. The molecule has 0 spiro atoms. The Hall–Kier alpha value is -3.69. The van der Waals surface area contributed by atoms with Crippen LogP contribution in [0.15, 0.2) is 51.7 Å². The highest BCUT2D eigenvalue weighted by molar-refractivity contribution is 5.99. The quantitative estimate of drug-likeness (QED) is 0.465. The Bertz CT molecular complexity index is 1340. The topological polar surface area (TPSA) is 98.5 Å². The minimum absolute atomic E-state index is 0.0465. The molecule has 2 aromatic carbocycles. The summed E-state index contributed by atoms with van der Waals surface area (Å²) in [4.78, 5) is 43.2. The van der Waals surface area contributed by atoms with Gasteiger partial charge in [-0.05, 0) is 36.8 Å². The van der Waals surface area contributed by atoms with Gasteiger partial charge in [-0.25, -0.2) is 4.79 Å². The molecule has 2 aliphatic heterocycles. The van der Waals surface area contributed by atoms with Crippen LogP contribution in [0.5, 0.6) is 5.75 Å². The van der Waals surface area contributed by atoms with Crippen LogP contribution in [0.3, 0.4) is 0 Å². The largest absolute Gasteiger partial charge is 0.494 e. The van der Waals surface area contributed by atoms with Crippen molar-refractivity contribution >= 4 is 22.8 Å². The second-order valence-corrected chi connectivity index (χ2v) is 8.73. The van der Waals surface area contributed by atoms with E-state index in [4.69, 9.17) is 18.6 Å². The second kappa shape index (κ2) is 10.1. The molecule has 1 aromatic heterocycles. The van der Waals surface area contributed by atoms with Gasteiger partial charge < -0.3 is 23.5 Å². The van der Waals surface area contributed by atoms with E-state index >= 15 is 0 Å². The molecule has 9 heteroatoms. The molecule has 1 atom stereocenters. The first-order valence-corrected chi connectivity index (χ1v) is 12.0. The number of carbonyl (C=O) groups is 2. The number of morpholine rings is 1. The summed E-state index contributed by atoms with van der Waals surface area (Å²) >= 11 is 0. The lowest BCUT2D eigenvalue weighted by Gasteiger charge is -2.31. The first-order chi connectivity index (χ1) is 17.5. The van der Waals surface area contributed by atoms with Gasteiger partial charge in [0.05, 0.1) is 49.5 Å².